The summed E-state index contributed by atoms with van der Waals surface area (Å²) in [5.74, 6) is 3.68. The van der Waals surface area contributed by atoms with Crippen LogP contribution in [0.4, 0.5) is 0 Å². The third-order valence-electron chi connectivity index (χ3n) is 10.9. The Balaban J connectivity index is 1.46. The number of aromatic amines is 2. The monoisotopic (exact) mass is 872 g/mol. The molecule has 0 saturated carbocycles. The molecular formula is C50H41BrN4O6. The molecule has 0 spiro atoms. The van der Waals surface area contributed by atoms with Gasteiger partial charge in [0.05, 0.1) is 65.4 Å². The molecule has 8 bridgehead atoms. The lowest BCUT2D eigenvalue weighted by molar-refractivity contribution is 0.355. The van der Waals surface area contributed by atoms with Gasteiger partial charge < -0.3 is 38.4 Å². The van der Waals surface area contributed by atoms with E-state index in [-0.39, 0.29) is 0 Å². The zero-order valence-electron chi connectivity index (χ0n) is 34.3. The fourth-order valence-corrected chi connectivity index (χ4v) is 8.28. The highest BCUT2D eigenvalue weighted by Crippen LogP contribution is 2.42. The van der Waals surface area contributed by atoms with Gasteiger partial charge in [-0.1, -0.05) is 46.3 Å². The van der Waals surface area contributed by atoms with Crippen molar-refractivity contribution >= 4 is 62.3 Å². The molecule has 7 aromatic rings. The van der Waals surface area contributed by atoms with Crippen LogP contribution < -0.4 is 28.4 Å². The Bertz CT molecular complexity index is 3020. The standard InChI is InChI=1S/C50H41BrN4O6/c1-56-41-22-9-29(25-44(41)59-4)48-35-16-14-33(52-35)47(28-7-12-32(51)13-8-28)34-15-17-36(53-34)49(30-10-23-42(57-2)45(26-30)60-5)38-19-21-40(55-38)50(39-20-18-37(48)54-39)31-11-24-43(58-3)46(27-31)61-6/h7-27,52,55H,1-6H3. The Morgan fingerprint density at radius 1 is 0.344 bits per heavy atom. The fourth-order valence-electron chi connectivity index (χ4n) is 8.01. The predicted octanol–water partition coefficient (Wildman–Crippen LogP) is 12.1. The number of aromatic nitrogens is 4. The molecule has 3 aromatic heterocycles. The van der Waals surface area contributed by atoms with Crippen molar-refractivity contribution in [3.05, 3.63) is 130 Å². The van der Waals surface area contributed by atoms with Gasteiger partial charge in [-0.05, 0) is 119 Å². The second-order valence-electron chi connectivity index (χ2n) is 14.2. The maximum Gasteiger partial charge on any atom is 0.161 e. The van der Waals surface area contributed by atoms with Crippen LogP contribution in [0.2, 0.25) is 0 Å². The van der Waals surface area contributed by atoms with E-state index < -0.39 is 0 Å². The minimum atomic E-state index is 0.596. The molecule has 0 fully saturated rings. The second kappa shape index (κ2) is 16.4. The summed E-state index contributed by atoms with van der Waals surface area (Å²) < 4.78 is 35.3. The predicted molar refractivity (Wildman–Crippen MR) is 248 cm³/mol. The average Bonchev–Trinajstić information content (AvgIpc) is 4.15. The van der Waals surface area contributed by atoms with Crippen LogP contribution in [0.3, 0.4) is 0 Å². The zero-order valence-corrected chi connectivity index (χ0v) is 35.9. The zero-order chi connectivity index (χ0) is 42.2. The summed E-state index contributed by atoms with van der Waals surface area (Å²) in [6, 6.07) is 34.4. The Labute approximate surface area is 361 Å². The van der Waals surface area contributed by atoms with Gasteiger partial charge in [0.25, 0.3) is 0 Å². The second-order valence-corrected chi connectivity index (χ2v) is 15.1. The molecule has 2 aliphatic rings. The van der Waals surface area contributed by atoms with Gasteiger partial charge in [-0.15, -0.1) is 0 Å². The van der Waals surface area contributed by atoms with E-state index in [0.29, 0.717) is 34.5 Å². The summed E-state index contributed by atoms with van der Waals surface area (Å²) in [5, 5.41) is 0. The minimum absolute atomic E-state index is 0.596. The van der Waals surface area contributed by atoms with Gasteiger partial charge in [0.1, 0.15) is 0 Å². The van der Waals surface area contributed by atoms with E-state index in [1.54, 1.807) is 42.7 Å². The Morgan fingerprint density at radius 2 is 0.623 bits per heavy atom. The van der Waals surface area contributed by atoms with Gasteiger partial charge in [0, 0.05) is 48.8 Å². The first-order valence-corrected chi connectivity index (χ1v) is 20.2. The average molecular weight is 874 g/mol. The van der Waals surface area contributed by atoms with Crippen molar-refractivity contribution in [1.29, 1.82) is 0 Å². The third kappa shape index (κ3) is 7.16. The highest BCUT2D eigenvalue weighted by Gasteiger charge is 2.21. The molecule has 2 aliphatic heterocycles. The number of halogens is 1. The van der Waals surface area contributed by atoms with Crippen molar-refractivity contribution in [3.63, 3.8) is 0 Å². The van der Waals surface area contributed by atoms with Crippen molar-refractivity contribution in [2.45, 2.75) is 0 Å². The van der Waals surface area contributed by atoms with Gasteiger partial charge in [0.15, 0.2) is 34.5 Å². The molecule has 0 radical (unpaired) electrons. The molecule has 0 aliphatic carbocycles. The first-order chi connectivity index (χ1) is 29.8. The number of hydrogen-bond donors (Lipinski definition) is 2. The van der Waals surface area contributed by atoms with Crippen LogP contribution in [0.15, 0.2) is 108 Å². The van der Waals surface area contributed by atoms with Gasteiger partial charge in [-0.3, -0.25) is 0 Å². The lowest BCUT2D eigenvalue weighted by Crippen LogP contribution is -1.93. The summed E-state index contributed by atoms with van der Waals surface area (Å²) in [6.07, 6.45) is 8.23. The molecule has 2 N–H and O–H groups in total. The van der Waals surface area contributed by atoms with E-state index in [4.69, 9.17) is 38.4 Å². The van der Waals surface area contributed by atoms with Crippen LogP contribution in [0.25, 0.3) is 90.9 Å². The number of fused-ring (bicyclic) bond motifs is 8. The van der Waals surface area contributed by atoms with Crippen molar-refractivity contribution < 1.29 is 28.4 Å². The molecule has 4 aromatic carbocycles. The quantitative estimate of drug-likeness (QED) is 0.140. The maximum atomic E-state index is 5.81. The third-order valence-corrected chi connectivity index (χ3v) is 11.4. The highest BCUT2D eigenvalue weighted by molar-refractivity contribution is 9.10. The lowest BCUT2D eigenvalue weighted by atomic mass is 10.0. The number of rotatable bonds is 10. The molecular weight excluding hydrogens is 832 g/mol. The summed E-state index contributed by atoms with van der Waals surface area (Å²) in [6.45, 7) is 0. The largest absolute Gasteiger partial charge is 0.493 e. The van der Waals surface area contributed by atoms with Crippen molar-refractivity contribution in [3.8, 4) is 79.0 Å². The number of methoxy groups -OCH3 is 6. The molecule has 0 amide bonds. The van der Waals surface area contributed by atoms with Gasteiger partial charge in [-0.2, -0.15) is 0 Å². The number of H-pyrrole nitrogens is 2. The van der Waals surface area contributed by atoms with Crippen LogP contribution in [0.5, 0.6) is 34.5 Å². The number of nitrogens with zero attached hydrogens (tertiary/aromatic N) is 2. The summed E-state index contributed by atoms with van der Waals surface area (Å²) in [4.78, 5) is 18.4. The molecule has 304 valence electrons. The van der Waals surface area contributed by atoms with E-state index in [9.17, 15) is 0 Å². The molecule has 61 heavy (non-hydrogen) atoms. The fraction of sp³-hybridized carbons (Fsp3) is 0.120. The molecule has 0 saturated heterocycles. The van der Waals surface area contributed by atoms with E-state index >= 15 is 0 Å². The van der Waals surface area contributed by atoms with Gasteiger partial charge in [0.2, 0.25) is 0 Å². The normalized spacial score (nSPS) is 11.7. The van der Waals surface area contributed by atoms with Gasteiger partial charge in [-0.25, -0.2) is 9.97 Å². The maximum absolute atomic E-state index is 5.81. The van der Waals surface area contributed by atoms with Crippen LogP contribution in [-0.4, -0.2) is 62.6 Å². The van der Waals surface area contributed by atoms with E-state index in [2.05, 4.69) is 80.5 Å². The Hall–Kier alpha value is -7.24. The number of ether oxygens (including phenoxy) is 6. The first kappa shape index (κ1) is 39.2. The van der Waals surface area contributed by atoms with Crippen molar-refractivity contribution in [2.75, 3.05) is 42.7 Å². The van der Waals surface area contributed by atoms with Crippen molar-refractivity contribution in [1.82, 2.24) is 19.9 Å². The van der Waals surface area contributed by atoms with Crippen LogP contribution in [0, 0.1) is 0 Å². The SMILES string of the molecule is COc1ccc(-c2c3nc(c(-c4ccc(OC)c(OC)c4)c4ccc([nH]4)c(-c4ccc(OC)c(OC)c4)c4nc(c(-c5ccc(Br)cc5)c5ccc2[nH]5)C=C4)C=C3)cc1OC. The van der Waals surface area contributed by atoms with Gasteiger partial charge >= 0.3 is 0 Å². The number of nitrogens with one attached hydrogen (secondary N) is 2. The molecule has 0 unspecified atom stereocenters. The molecule has 11 heteroatoms. The highest BCUT2D eigenvalue weighted by atomic mass is 79.9. The molecule has 9 rings (SSSR count). The topological polar surface area (TPSA) is 113 Å². The number of benzene rings is 4. The van der Waals surface area contributed by atoms with Crippen LogP contribution in [-0.2, 0) is 0 Å². The summed E-state index contributed by atoms with van der Waals surface area (Å²) in [7, 11) is 9.81. The lowest BCUT2D eigenvalue weighted by Gasteiger charge is -2.12. The van der Waals surface area contributed by atoms with E-state index in [1.165, 1.54) is 0 Å². The Kier molecular flexibility index (Phi) is 10.6. The van der Waals surface area contributed by atoms with Crippen LogP contribution >= 0.6 is 15.9 Å². The molecule has 0 atom stereocenters. The smallest absolute Gasteiger partial charge is 0.161 e. The minimum Gasteiger partial charge on any atom is -0.493 e. The van der Waals surface area contributed by atoms with E-state index in [0.717, 1.165) is 93.8 Å². The summed E-state index contributed by atoms with van der Waals surface area (Å²) in [5.41, 5.74) is 13.7. The van der Waals surface area contributed by atoms with E-state index in [1.807, 2.05) is 72.8 Å². The Morgan fingerprint density at radius 3 is 0.918 bits per heavy atom. The molecule has 5 heterocycles. The van der Waals surface area contributed by atoms with Crippen molar-refractivity contribution in [2.24, 2.45) is 0 Å². The van der Waals surface area contributed by atoms with Crippen LogP contribution in [0.1, 0.15) is 22.8 Å². The molecule has 10 nitrogen and oxygen atoms in total. The number of hydrogen-bond acceptors (Lipinski definition) is 8. The first-order valence-electron chi connectivity index (χ1n) is 19.4. The summed E-state index contributed by atoms with van der Waals surface area (Å²) >= 11 is 3.63.